The Kier molecular flexibility index (Phi) is 4.49. The molecule has 0 unspecified atom stereocenters. The largest absolute Gasteiger partial charge is 0.388 e. The summed E-state index contributed by atoms with van der Waals surface area (Å²) in [5.74, 6) is 0.749. The van der Waals surface area contributed by atoms with Crippen LogP contribution in [0.15, 0.2) is 6.07 Å². The third-order valence-corrected chi connectivity index (χ3v) is 3.53. The minimum absolute atomic E-state index is 0.112. The Morgan fingerprint density at radius 1 is 1.30 bits per heavy atom. The highest BCUT2D eigenvalue weighted by molar-refractivity contribution is 7.80. The summed E-state index contributed by atoms with van der Waals surface area (Å²) in [5.41, 5.74) is 7.07. The smallest absolute Gasteiger partial charge is 0.226 e. The molecule has 2 N–H and O–H groups in total. The molecule has 1 fully saturated rings. The predicted molar refractivity (Wildman–Crippen MR) is 81.7 cm³/mol. The van der Waals surface area contributed by atoms with Gasteiger partial charge in [-0.25, -0.2) is 9.97 Å². The van der Waals surface area contributed by atoms with Crippen molar-refractivity contribution in [3.63, 3.8) is 0 Å². The van der Waals surface area contributed by atoms with Crippen molar-refractivity contribution in [1.29, 1.82) is 0 Å². The molecule has 0 spiro atoms. The van der Waals surface area contributed by atoms with E-state index in [4.69, 9.17) is 18.0 Å². The van der Waals surface area contributed by atoms with Gasteiger partial charge in [-0.15, -0.1) is 0 Å². The zero-order chi connectivity index (χ0) is 14.7. The molecule has 0 aromatic carbocycles. The molecule has 0 atom stereocenters. The van der Waals surface area contributed by atoms with Gasteiger partial charge in [-0.3, -0.25) is 4.79 Å². The maximum Gasteiger partial charge on any atom is 0.226 e. The first-order chi connectivity index (χ1) is 9.47. The van der Waals surface area contributed by atoms with Crippen LogP contribution < -0.4 is 10.6 Å². The van der Waals surface area contributed by atoms with Crippen molar-refractivity contribution in [2.24, 2.45) is 5.73 Å². The van der Waals surface area contributed by atoms with Gasteiger partial charge in [0.1, 0.15) is 10.7 Å². The molecular formula is C13H19N5OS. The van der Waals surface area contributed by atoms with Crippen LogP contribution in [0.2, 0.25) is 0 Å². The first kappa shape index (κ1) is 14.6. The van der Waals surface area contributed by atoms with Gasteiger partial charge in [0.05, 0.1) is 0 Å². The summed E-state index contributed by atoms with van der Waals surface area (Å²) in [6.45, 7) is 6.51. The molecule has 0 aliphatic carbocycles. The summed E-state index contributed by atoms with van der Waals surface area (Å²) in [6, 6.07) is 1.78. The standard InChI is InChI=1S/C13H19N5OS/c1-9-8-11(12(14)20)16-13(15-9)18-5-3-4-17(6-7-18)10(2)19/h8H,3-7H2,1-2H3,(H2,14,20). The zero-order valence-electron chi connectivity index (χ0n) is 11.8. The number of amides is 1. The lowest BCUT2D eigenvalue weighted by Gasteiger charge is -2.22. The molecule has 1 aromatic rings. The molecule has 108 valence electrons. The van der Waals surface area contributed by atoms with Crippen molar-refractivity contribution in [2.75, 3.05) is 31.1 Å². The number of carbonyl (C=O) groups excluding carboxylic acids is 1. The Balaban J connectivity index is 2.19. The molecule has 2 rings (SSSR count). The van der Waals surface area contributed by atoms with E-state index < -0.39 is 0 Å². The minimum Gasteiger partial charge on any atom is -0.388 e. The summed E-state index contributed by atoms with van der Waals surface area (Å²) in [5, 5.41) is 0. The number of thiocarbonyl (C=S) groups is 1. The van der Waals surface area contributed by atoms with Gasteiger partial charge in [-0.05, 0) is 19.4 Å². The number of nitrogens with zero attached hydrogens (tertiary/aromatic N) is 4. The van der Waals surface area contributed by atoms with Crippen LogP contribution in [-0.4, -0.2) is 51.9 Å². The quantitative estimate of drug-likeness (QED) is 0.799. The van der Waals surface area contributed by atoms with Gasteiger partial charge in [-0.2, -0.15) is 0 Å². The van der Waals surface area contributed by atoms with Crippen molar-refractivity contribution >= 4 is 29.1 Å². The van der Waals surface area contributed by atoms with Crippen molar-refractivity contribution in [1.82, 2.24) is 14.9 Å². The van der Waals surface area contributed by atoms with E-state index in [2.05, 4.69) is 14.9 Å². The Hall–Kier alpha value is -1.76. The zero-order valence-corrected chi connectivity index (χ0v) is 12.6. The fraction of sp³-hybridized carbons (Fsp3) is 0.538. The van der Waals surface area contributed by atoms with E-state index in [9.17, 15) is 4.79 Å². The van der Waals surface area contributed by atoms with Crippen LogP contribution in [0.3, 0.4) is 0 Å². The first-order valence-electron chi connectivity index (χ1n) is 6.63. The van der Waals surface area contributed by atoms with Gasteiger partial charge in [0.15, 0.2) is 0 Å². The average Bonchev–Trinajstić information content (AvgIpc) is 2.63. The van der Waals surface area contributed by atoms with E-state index in [1.807, 2.05) is 11.8 Å². The molecular weight excluding hydrogens is 274 g/mol. The normalized spacial score (nSPS) is 15.9. The summed E-state index contributed by atoms with van der Waals surface area (Å²) in [6.07, 6.45) is 0.902. The lowest BCUT2D eigenvalue weighted by Crippen LogP contribution is -2.34. The summed E-state index contributed by atoms with van der Waals surface area (Å²) >= 11 is 4.98. The van der Waals surface area contributed by atoms with Crippen LogP contribution in [0.25, 0.3) is 0 Å². The molecule has 6 nitrogen and oxygen atoms in total. The molecule has 1 aliphatic heterocycles. The van der Waals surface area contributed by atoms with Crippen LogP contribution in [0.5, 0.6) is 0 Å². The van der Waals surface area contributed by atoms with Crippen LogP contribution in [-0.2, 0) is 4.79 Å². The Labute approximate surface area is 124 Å². The van der Waals surface area contributed by atoms with Crippen LogP contribution in [0.4, 0.5) is 5.95 Å². The second-order valence-electron chi connectivity index (χ2n) is 4.91. The predicted octanol–water partition coefficient (Wildman–Crippen LogP) is 0.478. The van der Waals surface area contributed by atoms with Crippen LogP contribution in [0, 0.1) is 6.92 Å². The number of carbonyl (C=O) groups is 1. The molecule has 1 aromatic heterocycles. The molecule has 1 saturated heterocycles. The van der Waals surface area contributed by atoms with E-state index >= 15 is 0 Å². The molecule has 0 bridgehead atoms. The SMILES string of the molecule is CC(=O)N1CCCN(c2nc(C)cc(C(N)=S)n2)CC1. The monoisotopic (exact) mass is 293 g/mol. The number of nitrogens with two attached hydrogens (primary N) is 1. The lowest BCUT2D eigenvalue weighted by molar-refractivity contribution is -0.128. The Bertz CT molecular complexity index is 533. The van der Waals surface area contributed by atoms with Crippen LogP contribution in [0.1, 0.15) is 24.7 Å². The van der Waals surface area contributed by atoms with Gasteiger partial charge < -0.3 is 15.5 Å². The fourth-order valence-electron chi connectivity index (χ4n) is 2.25. The molecule has 20 heavy (non-hydrogen) atoms. The maximum atomic E-state index is 11.4. The fourth-order valence-corrected chi connectivity index (χ4v) is 2.36. The Morgan fingerprint density at radius 3 is 2.70 bits per heavy atom. The van der Waals surface area contributed by atoms with Crippen molar-refractivity contribution in [3.8, 4) is 0 Å². The van der Waals surface area contributed by atoms with Gasteiger partial charge in [-0.1, -0.05) is 12.2 Å². The minimum atomic E-state index is 0.112. The van der Waals surface area contributed by atoms with Crippen LogP contribution >= 0.6 is 12.2 Å². The van der Waals surface area contributed by atoms with Crippen molar-refractivity contribution in [3.05, 3.63) is 17.5 Å². The third kappa shape index (κ3) is 3.41. The molecule has 1 aliphatic rings. The first-order valence-corrected chi connectivity index (χ1v) is 7.04. The molecule has 1 amide bonds. The lowest BCUT2D eigenvalue weighted by atomic mass is 10.3. The topological polar surface area (TPSA) is 75.4 Å². The van der Waals surface area contributed by atoms with Gasteiger partial charge in [0, 0.05) is 38.8 Å². The third-order valence-electron chi connectivity index (χ3n) is 3.32. The number of hydrogen-bond donors (Lipinski definition) is 1. The number of hydrogen-bond acceptors (Lipinski definition) is 5. The highest BCUT2D eigenvalue weighted by atomic mass is 32.1. The van der Waals surface area contributed by atoms with E-state index in [1.165, 1.54) is 0 Å². The summed E-state index contributed by atoms with van der Waals surface area (Å²) in [4.78, 5) is 24.5. The van der Waals surface area contributed by atoms with E-state index in [0.29, 0.717) is 18.2 Å². The van der Waals surface area contributed by atoms with Gasteiger partial charge in [0.2, 0.25) is 11.9 Å². The van der Waals surface area contributed by atoms with Crippen molar-refractivity contribution in [2.45, 2.75) is 20.3 Å². The average molecular weight is 293 g/mol. The summed E-state index contributed by atoms with van der Waals surface area (Å²) in [7, 11) is 0. The number of aromatic nitrogens is 2. The van der Waals surface area contributed by atoms with Gasteiger partial charge in [0.25, 0.3) is 0 Å². The molecule has 2 heterocycles. The summed E-state index contributed by atoms with van der Waals surface area (Å²) < 4.78 is 0. The van der Waals surface area contributed by atoms with Gasteiger partial charge >= 0.3 is 0 Å². The number of rotatable bonds is 2. The maximum absolute atomic E-state index is 11.4. The van der Waals surface area contributed by atoms with E-state index in [0.717, 1.165) is 31.7 Å². The second kappa shape index (κ2) is 6.13. The molecule has 0 saturated carbocycles. The highest BCUT2D eigenvalue weighted by Crippen LogP contribution is 2.13. The number of anilines is 1. The second-order valence-corrected chi connectivity index (χ2v) is 5.35. The molecule has 0 radical (unpaired) electrons. The highest BCUT2D eigenvalue weighted by Gasteiger charge is 2.19. The Morgan fingerprint density at radius 2 is 2.05 bits per heavy atom. The number of aryl methyl sites for hydroxylation is 1. The van der Waals surface area contributed by atoms with E-state index in [-0.39, 0.29) is 10.9 Å². The van der Waals surface area contributed by atoms with Crippen molar-refractivity contribution < 1.29 is 4.79 Å². The molecule has 7 heteroatoms. The van der Waals surface area contributed by atoms with E-state index in [1.54, 1.807) is 13.0 Å².